The molecule has 7 heteroatoms. The van der Waals surface area contributed by atoms with Crippen molar-refractivity contribution < 1.29 is 4.79 Å². The van der Waals surface area contributed by atoms with Crippen molar-refractivity contribution in [3.63, 3.8) is 0 Å². The van der Waals surface area contributed by atoms with Crippen LogP contribution >= 0.6 is 0 Å². The molecule has 126 valence electrons. The minimum Gasteiger partial charge on any atom is -0.309 e. The third kappa shape index (κ3) is 3.03. The van der Waals surface area contributed by atoms with Gasteiger partial charge < -0.3 is 10.6 Å². The number of fused-ring (bicyclic) bond motifs is 1. The van der Waals surface area contributed by atoms with Crippen LogP contribution in [0.5, 0.6) is 0 Å². The fourth-order valence-electron chi connectivity index (χ4n) is 3.84. The van der Waals surface area contributed by atoms with Gasteiger partial charge in [0, 0.05) is 17.8 Å². The second-order valence-corrected chi connectivity index (χ2v) is 6.77. The van der Waals surface area contributed by atoms with E-state index in [1.54, 1.807) is 6.20 Å². The van der Waals surface area contributed by atoms with E-state index in [2.05, 4.69) is 30.8 Å². The van der Waals surface area contributed by atoms with E-state index in [1.807, 2.05) is 19.1 Å². The summed E-state index contributed by atoms with van der Waals surface area (Å²) in [5, 5.41) is 13.4. The summed E-state index contributed by atoms with van der Waals surface area (Å²) in [6, 6.07) is 4.03. The lowest BCUT2D eigenvalue weighted by Gasteiger charge is -2.24. The van der Waals surface area contributed by atoms with Gasteiger partial charge in [-0.15, -0.1) is 0 Å². The predicted molar refractivity (Wildman–Crippen MR) is 90.3 cm³/mol. The van der Waals surface area contributed by atoms with Crippen molar-refractivity contribution in [2.45, 2.75) is 51.1 Å². The summed E-state index contributed by atoms with van der Waals surface area (Å²) in [6.45, 7) is 1.85. The van der Waals surface area contributed by atoms with Crippen LogP contribution in [0.2, 0.25) is 0 Å². The second kappa shape index (κ2) is 6.32. The van der Waals surface area contributed by atoms with E-state index in [4.69, 9.17) is 0 Å². The molecule has 3 heterocycles. The highest BCUT2D eigenvalue weighted by Gasteiger charge is 2.38. The summed E-state index contributed by atoms with van der Waals surface area (Å²) in [6.07, 6.45) is 7.57. The number of anilines is 1. The molecule has 2 aliphatic rings. The molecule has 2 fully saturated rings. The lowest BCUT2D eigenvalue weighted by atomic mass is 9.85. The number of hydrogen-bond acceptors (Lipinski definition) is 5. The molecule has 0 bridgehead atoms. The molecule has 0 aromatic carbocycles. The van der Waals surface area contributed by atoms with Crippen LogP contribution in [0, 0.1) is 12.8 Å². The van der Waals surface area contributed by atoms with Crippen molar-refractivity contribution in [3.8, 4) is 11.4 Å². The van der Waals surface area contributed by atoms with Gasteiger partial charge in [-0.1, -0.05) is 12.8 Å². The van der Waals surface area contributed by atoms with Gasteiger partial charge in [-0.2, -0.15) is 5.10 Å². The Morgan fingerprint density at radius 1 is 1.33 bits per heavy atom. The molecule has 3 N–H and O–H groups in total. The number of nitrogens with one attached hydrogen (secondary N) is 3. The normalized spacial score (nSPS) is 26.1. The Kier molecular flexibility index (Phi) is 4.02. The predicted octanol–water partition coefficient (Wildman–Crippen LogP) is 2.03. The average molecular weight is 326 g/mol. The van der Waals surface area contributed by atoms with E-state index in [1.165, 1.54) is 25.7 Å². The van der Waals surface area contributed by atoms with Crippen LogP contribution < -0.4 is 10.6 Å². The summed E-state index contributed by atoms with van der Waals surface area (Å²) in [7, 11) is 0. The third-order valence-corrected chi connectivity index (χ3v) is 5.05. The van der Waals surface area contributed by atoms with E-state index < -0.39 is 0 Å². The first kappa shape index (κ1) is 15.3. The molecule has 2 aromatic rings. The van der Waals surface area contributed by atoms with Crippen LogP contribution in [0.15, 0.2) is 18.3 Å². The van der Waals surface area contributed by atoms with E-state index in [9.17, 15) is 4.79 Å². The fourth-order valence-corrected chi connectivity index (χ4v) is 3.84. The zero-order valence-corrected chi connectivity index (χ0v) is 13.7. The topological polar surface area (TPSA) is 95.6 Å². The standard InChI is InChI=1S/C17H22N6O/c1-10-19-16(23-22-10)12-6-7-18-15(9-12)21-17(24)14-8-11-4-2-3-5-13(11)20-14/h6-7,9,11,13-14,20H,2-5,8H2,1H3,(H,18,21,24)(H,19,22,23)/t11-,13-,14-/m0/s1. The van der Waals surface area contributed by atoms with Crippen LogP contribution in [-0.4, -0.2) is 38.2 Å². The Hall–Kier alpha value is -2.28. The van der Waals surface area contributed by atoms with Gasteiger partial charge in [0.15, 0.2) is 5.82 Å². The Balaban J connectivity index is 1.44. The summed E-state index contributed by atoms with van der Waals surface area (Å²) >= 11 is 0. The summed E-state index contributed by atoms with van der Waals surface area (Å²) in [4.78, 5) is 21.1. The number of carbonyl (C=O) groups is 1. The van der Waals surface area contributed by atoms with E-state index in [0.29, 0.717) is 23.6 Å². The maximum atomic E-state index is 12.6. The zero-order valence-electron chi connectivity index (χ0n) is 13.7. The van der Waals surface area contributed by atoms with Gasteiger partial charge in [0.05, 0.1) is 6.04 Å². The number of nitrogens with zero attached hydrogens (tertiary/aromatic N) is 3. The SMILES string of the molecule is Cc1nc(-c2ccnc(NC(=O)[C@@H]3C[C@@H]4CCCC[C@@H]4N3)c2)n[nH]1. The summed E-state index contributed by atoms with van der Waals surface area (Å²) in [5.74, 6) is 2.54. The number of hydrogen-bond donors (Lipinski definition) is 3. The molecule has 1 aliphatic heterocycles. The molecule has 0 unspecified atom stereocenters. The van der Waals surface area contributed by atoms with Crippen LogP contribution in [0.4, 0.5) is 5.82 Å². The molecule has 1 saturated carbocycles. The molecule has 24 heavy (non-hydrogen) atoms. The van der Waals surface area contributed by atoms with Crippen LogP contribution in [0.25, 0.3) is 11.4 Å². The van der Waals surface area contributed by atoms with Gasteiger partial charge in [0.1, 0.15) is 11.6 Å². The lowest BCUT2D eigenvalue weighted by Crippen LogP contribution is -2.40. The lowest BCUT2D eigenvalue weighted by molar-refractivity contribution is -0.117. The van der Waals surface area contributed by atoms with Crippen LogP contribution in [0.3, 0.4) is 0 Å². The highest BCUT2D eigenvalue weighted by molar-refractivity contribution is 5.94. The first-order chi connectivity index (χ1) is 11.7. The maximum absolute atomic E-state index is 12.6. The van der Waals surface area contributed by atoms with Crippen LogP contribution in [0.1, 0.15) is 37.9 Å². The van der Waals surface area contributed by atoms with Gasteiger partial charge in [0.25, 0.3) is 0 Å². The number of amides is 1. The van der Waals surface area contributed by atoms with Crippen molar-refractivity contribution in [1.29, 1.82) is 0 Å². The monoisotopic (exact) mass is 326 g/mol. The summed E-state index contributed by atoms with van der Waals surface area (Å²) in [5.41, 5.74) is 0.831. The van der Waals surface area contributed by atoms with Crippen LogP contribution in [-0.2, 0) is 4.79 Å². The minimum atomic E-state index is -0.116. The molecule has 2 aromatic heterocycles. The average Bonchev–Trinajstić information content (AvgIpc) is 3.21. The van der Waals surface area contributed by atoms with Gasteiger partial charge in [-0.25, -0.2) is 9.97 Å². The van der Waals surface area contributed by atoms with Crippen molar-refractivity contribution in [3.05, 3.63) is 24.2 Å². The van der Waals surface area contributed by atoms with Crippen molar-refractivity contribution in [2.24, 2.45) is 5.92 Å². The van der Waals surface area contributed by atoms with E-state index >= 15 is 0 Å². The van der Waals surface area contributed by atoms with Crippen molar-refractivity contribution >= 4 is 11.7 Å². The number of H-pyrrole nitrogens is 1. The Morgan fingerprint density at radius 2 is 2.21 bits per heavy atom. The van der Waals surface area contributed by atoms with E-state index in [0.717, 1.165) is 17.8 Å². The molecule has 3 atom stereocenters. The summed E-state index contributed by atoms with van der Waals surface area (Å²) < 4.78 is 0. The van der Waals surface area contributed by atoms with Crippen molar-refractivity contribution in [1.82, 2.24) is 25.5 Å². The molecule has 1 aliphatic carbocycles. The Bertz CT molecular complexity index is 728. The second-order valence-electron chi connectivity index (χ2n) is 6.77. The number of rotatable bonds is 3. The van der Waals surface area contributed by atoms with Gasteiger partial charge in [-0.3, -0.25) is 9.89 Å². The molecule has 0 spiro atoms. The molecular formula is C17H22N6O. The highest BCUT2D eigenvalue weighted by Crippen LogP contribution is 2.33. The molecule has 1 saturated heterocycles. The fraction of sp³-hybridized carbons (Fsp3) is 0.529. The Morgan fingerprint density at radius 3 is 3.00 bits per heavy atom. The number of pyridine rings is 1. The minimum absolute atomic E-state index is 0.000201. The van der Waals surface area contributed by atoms with Crippen molar-refractivity contribution in [2.75, 3.05) is 5.32 Å². The quantitative estimate of drug-likeness (QED) is 0.802. The molecular weight excluding hydrogens is 304 g/mol. The molecule has 1 amide bonds. The highest BCUT2D eigenvalue weighted by atomic mass is 16.2. The van der Waals surface area contributed by atoms with Gasteiger partial charge in [0.2, 0.25) is 5.91 Å². The van der Waals surface area contributed by atoms with Gasteiger partial charge in [-0.05, 0) is 44.2 Å². The first-order valence-electron chi connectivity index (χ1n) is 8.61. The number of aromatic nitrogens is 4. The third-order valence-electron chi connectivity index (χ3n) is 5.05. The van der Waals surface area contributed by atoms with Gasteiger partial charge >= 0.3 is 0 Å². The largest absolute Gasteiger partial charge is 0.309 e. The first-order valence-corrected chi connectivity index (χ1v) is 8.61. The number of carbonyl (C=O) groups excluding carboxylic acids is 1. The van der Waals surface area contributed by atoms with E-state index in [-0.39, 0.29) is 11.9 Å². The molecule has 0 radical (unpaired) electrons. The number of aryl methyl sites for hydroxylation is 1. The zero-order chi connectivity index (χ0) is 16.5. The smallest absolute Gasteiger partial charge is 0.242 e. The maximum Gasteiger partial charge on any atom is 0.242 e. The molecule has 7 nitrogen and oxygen atoms in total. The Labute approximate surface area is 140 Å². The number of aromatic amines is 1. The molecule has 4 rings (SSSR count).